The molecule has 2 rings (SSSR count). The normalized spacial score (nSPS) is 10.1. The molecule has 0 unspecified atom stereocenters. The maximum absolute atomic E-state index is 11.1. The van der Waals surface area contributed by atoms with Crippen LogP contribution >= 0.6 is 12.2 Å². The Labute approximate surface area is 108 Å². The number of hydrogen-bond acceptors (Lipinski definition) is 4. The molecular formula is C12H10N2O3S. The quantitative estimate of drug-likeness (QED) is 0.831. The third kappa shape index (κ3) is 2.38. The minimum Gasteiger partial charge on any atom is -0.497 e. The van der Waals surface area contributed by atoms with E-state index in [-0.39, 0.29) is 10.3 Å². The van der Waals surface area contributed by atoms with Crippen molar-refractivity contribution in [1.29, 1.82) is 0 Å². The summed E-state index contributed by atoms with van der Waals surface area (Å²) < 4.78 is 5.34. The van der Waals surface area contributed by atoms with E-state index in [1.807, 2.05) is 0 Å². The molecular weight excluding hydrogens is 252 g/mol. The van der Waals surface area contributed by atoms with E-state index in [1.165, 1.54) is 6.20 Å². The second kappa shape index (κ2) is 4.97. The molecule has 0 spiro atoms. The van der Waals surface area contributed by atoms with Gasteiger partial charge < -0.3 is 14.8 Å². The van der Waals surface area contributed by atoms with Crippen molar-refractivity contribution in [3.05, 3.63) is 40.8 Å². The molecule has 0 aliphatic heterocycles. The first-order valence-electron chi connectivity index (χ1n) is 5.09. The molecule has 92 valence electrons. The number of nitrogens with one attached hydrogen (secondary N) is 1. The van der Waals surface area contributed by atoms with E-state index in [4.69, 9.17) is 22.1 Å². The number of benzene rings is 1. The van der Waals surface area contributed by atoms with Crippen LogP contribution in [-0.2, 0) is 0 Å². The Bertz CT molecular complexity index is 652. The van der Waals surface area contributed by atoms with Crippen molar-refractivity contribution in [1.82, 2.24) is 9.97 Å². The fourth-order valence-corrected chi connectivity index (χ4v) is 1.72. The third-order valence-electron chi connectivity index (χ3n) is 2.40. The highest BCUT2D eigenvalue weighted by molar-refractivity contribution is 7.71. The first-order valence-corrected chi connectivity index (χ1v) is 5.49. The van der Waals surface area contributed by atoms with E-state index >= 15 is 0 Å². The van der Waals surface area contributed by atoms with Crippen molar-refractivity contribution >= 4 is 18.2 Å². The number of H-pyrrole nitrogens is 1. The number of nitrogens with zero attached hydrogens (tertiary/aromatic N) is 1. The number of aromatic carboxylic acids is 1. The van der Waals surface area contributed by atoms with Gasteiger partial charge in [-0.3, -0.25) is 0 Å². The van der Waals surface area contributed by atoms with Crippen LogP contribution in [0.4, 0.5) is 0 Å². The van der Waals surface area contributed by atoms with E-state index in [9.17, 15) is 4.79 Å². The molecule has 5 nitrogen and oxygen atoms in total. The van der Waals surface area contributed by atoms with E-state index in [0.717, 1.165) is 0 Å². The van der Waals surface area contributed by atoms with Gasteiger partial charge in [0.15, 0.2) is 4.77 Å². The predicted octanol–water partition coefficient (Wildman–Crippen LogP) is 2.51. The molecule has 1 heterocycles. The highest BCUT2D eigenvalue weighted by atomic mass is 32.1. The highest BCUT2D eigenvalue weighted by Crippen LogP contribution is 2.24. The molecule has 2 aromatic rings. The average molecular weight is 262 g/mol. The molecule has 0 saturated carbocycles. The summed E-state index contributed by atoms with van der Waals surface area (Å²) in [7, 11) is 1.55. The van der Waals surface area contributed by atoms with Crippen LogP contribution in [0.5, 0.6) is 5.75 Å². The summed E-state index contributed by atoms with van der Waals surface area (Å²) in [5, 5.41) is 9.12. The van der Waals surface area contributed by atoms with Crippen LogP contribution in [0.1, 0.15) is 10.4 Å². The summed E-state index contributed by atoms with van der Waals surface area (Å²) in [6.45, 7) is 0. The summed E-state index contributed by atoms with van der Waals surface area (Å²) in [6.07, 6.45) is 1.25. The summed E-state index contributed by atoms with van der Waals surface area (Å²) in [5.41, 5.74) is 1.17. The Kier molecular flexibility index (Phi) is 3.38. The van der Waals surface area contributed by atoms with Gasteiger partial charge in [0.2, 0.25) is 0 Å². The lowest BCUT2D eigenvalue weighted by Gasteiger charge is -2.07. The topological polar surface area (TPSA) is 75.2 Å². The van der Waals surface area contributed by atoms with Crippen molar-refractivity contribution in [2.75, 3.05) is 7.11 Å². The zero-order chi connectivity index (χ0) is 13.1. The van der Waals surface area contributed by atoms with Gasteiger partial charge in [0, 0.05) is 11.8 Å². The van der Waals surface area contributed by atoms with Gasteiger partial charge >= 0.3 is 5.97 Å². The van der Waals surface area contributed by atoms with Crippen molar-refractivity contribution in [2.45, 2.75) is 0 Å². The predicted molar refractivity (Wildman–Crippen MR) is 68.4 cm³/mol. The molecule has 0 aliphatic rings. The number of methoxy groups -OCH3 is 1. The van der Waals surface area contributed by atoms with Gasteiger partial charge in [0.05, 0.1) is 12.8 Å². The number of aromatic nitrogens is 2. The molecule has 0 radical (unpaired) electrons. The Hall–Kier alpha value is -2.21. The van der Waals surface area contributed by atoms with Gasteiger partial charge in [-0.05, 0) is 24.4 Å². The molecule has 0 aliphatic carbocycles. The van der Waals surface area contributed by atoms with Gasteiger partial charge in [-0.1, -0.05) is 12.1 Å². The maximum Gasteiger partial charge on any atom is 0.339 e. The number of rotatable bonds is 3. The Morgan fingerprint density at radius 1 is 1.50 bits per heavy atom. The van der Waals surface area contributed by atoms with Crippen LogP contribution in [0.3, 0.4) is 0 Å². The average Bonchev–Trinajstić information content (AvgIpc) is 2.38. The first kappa shape index (κ1) is 12.3. The molecule has 1 aromatic carbocycles. The smallest absolute Gasteiger partial charge is 0.339 e. The molecule has 0 saturated heterocycles. The van der Waals surface area contributed by atoms with Crippen LogP contribution in [0.15, 0.2) is 30.5 Å². The highest BCUT2D eigenvalue weighted by Gasteiger charge is 2.13. The van der Waals surface area contributed by atoms with E-state index in [0.29, 0.717) is 17.0 Å². The number of carbonyl (C=O) groups is 1. The summed E-state index contributed by atoms with van der Waals surface area (Å²) in [4.78, 5) is 17.7. The molecule has 0 bridgehead atoms. The number of ether oxygens (including phenoxy) is 1. The number of hydrogen-bond donors (Lipinski definition) is 2. The zero-order valence-corrected chi connectivity index (χ0v) is 10.3. The van der Waals surface area contributed by atoms with Crippen molar-refractivity contribution in [3.63, 3.8) is 0 Å². The SMILES string of the molecule is COc1cccc(-c2[nH]c(=S)ncc2C(=O)O)c1. The molecule has 0 fully saturated rings. The second-order valence-corrected chi connectivity index (χ2v) is 3.90. The fraction of sp³-hybridized carbons (Fsp3) is 0.0833. The lowest BCUT2D eigenvalue weighted by molar-refractivity contribution is 0.0697. The molecule has 2 N–H and O–H groups in total. The van der Waals surface area contributed by atoms with Gasteiger partial charge in [-0.2, -0.15) is 0 Å². The number of aromatic amines is 1. The third-order valence-corrected chi connectivity index (χ3v) is 2.61. The second-order valence-electron chi connectivity index (χ2n) is 3.51. The van der Waals surface area contributed by atoms with Gasteiger partial charge in [-0.25, -0.2) is 9.78 Å². The van der Waals surface area contributed by atoms with Gasteiger partial charge in [0.25, 0.3) is 0 Å². The summed E-state index contributed by atoms with van der Waals surface area (Å²) >= 11 is 4.92. The van der Waals surface area contributed by atoms with Crippen LogP contribution < -0.4 is 4.74 Å². The minimum atomic E-state index is -1.06. The number of carboxylic acid groups (broad SMARTS) is 1. The molecule has 18 heavy (non-hydrogen) atoms. The Morgan fingerprint density at radius 2 is 2.28 bits per heavy atom. The van der Waals surface area contributed by atoms with Gasteiger partial charge in [-0.15, -0.1) is 0 Å². The summed E-state index contributed by atoms with van der Waals surface area (Å²) in [5.74, 6) is -0.425. The standard InChI is InChI=1S/C12H10N2O3S/c1-17-8-4-2-3-7(5-8)10-9(11(15)16)6-13-12(18)14-10/h2-6H,1H3,(H,15,16)(H,13,14,18). The Balaban J connectivity index is 2.65. The van der Waals surface area contributed by atoms with E-state index < -0.39 is 5.97 Å². The lowest BCUT2D eigenvalue weighted by atomic mass is 10.1. The first-order chi connectivity index (χ1) is 8.61. The molecule has 0 amide bonds. The van der Waals surface area contributed by atoms with Crippen LogP contribution in [0, 0.1) is 4.77 Å². The van der Waals surface area contributed by atoms with Gasteiger partial charge in [0.1, 0.15) is 11.3 Å². The van der Waals surface area contributed by atoms with Crippen LogP contribution in [-0.4, -0.2) is 28.2 Å². The molecule has 0 atom stereocenters. The minimum absolute atomic E-state index is 0.0665. The van der Waals surface area contributed by atoms with Crippen LogP contribution in [0.25, 0.3) is 11.3 Å². The largest absolute Gasteiger partial charge is 0.497 e. The monoisotopic (exact) mass is 262 g/mol. The number of carboxylic acids is 1. The van der Waals surface area contributed by atoms with E-state index in [2.05, 4.69) is 9.97 Å². The van der Waals surface area contributed by atoms with Crippen LogP contribution in [0.2, 0.25) is 0 Å². The summed E-state index contributed by atoms with van der Waals surface area (Å²) in [6, 6.07) is 7.06. The maximum atomic E-state index is 11.1. The fourth-order valence-electron chi connectivity index (χ4n) is 1.56. The lowest BCUT2D eigenvalue weighted by Crippen LogP contribution is -2.03. The molecule has 1 aromatic heterocycles. The van der Waals surface area contributed by atoms with Crippen molar-refractivity contribution in [3.8, 4) is 17.0 Å². The molecule has 6 heteroatoms. The van der Waals surface area contributed by atoms with E-state index in [1.54, 1.807) is 31.4 Å². The zero-order valence-electron chi connectivity index (χ0n) is 9.51. The van der Waals surface area contributed by atoms with Crippen molar-refractivity contribution in [2.24, 2.45) is 0 Å². The van der Waals surface area contributed by atoms with Crippen molar-refractivity contribution < 1.29 is 14.6 Å². The Morgan fingerprint density at radius 3 is 2.94 bits per heavy atom.